The number of Topliss-reactive ketones (excluding diaryl/α,β-unsaturated/α-hetero) is 1. The van der Waals surface area contributed by atoms with Crippen LogP contribution in [0.15, 0.2) is 52.1 Å². The predicted molar refractivity (Wildman–Crippen MR) is 128 cm³/mol. The quantitative estimate of drug-likeness (QED) is 0.279. The second kappa shape index (κ2) is 10.3. The van der Waals surface area contributed by atoms with Crippen molar-refractivity contribution in [2.24, 2.45) is 0 Å². The zero-order valence-electron chi connectivity index (χ0n) is 18.5. The molecule has 0 aliphatic rings. The molecule has 3 aromatic rings. The molecule has 0 unspecified atom stereocenters. The van der Waals surface area contributed by atoms with Gasteiger partial charge >= 0.3 is 11.7 Å². The van der Waals surface area contributed by atoms with Crippen molar-refractivity contribution in [3.63, 3.8) is 0 Å². The summed E-state index contributed by atoms with van der Waals surface area (Å²) in [7, 11) is 1.33. The van der Waals surface area contributed by atoms with Crippen LogP contribution in [0, 0.1) is 0 Å². The fourth-order valence-electron chi connectivity index (χ4n) is 3.35. The van der Waals surface area contributed by atoms with Gasteiger partial charge in [-0.2, -0.15) is 0 Å². The number of methoxy groups -OCH3 is 1. The van der Waals surface area contributed by atoms with Crippen LogP contribution in [0.5, 0.6) is 5.75 Å². The van der Waals surface area contributed by atoms with Crippen LogP contribution in [0.3, 0.4) is 0 Å². The standard InChI is InChI=1S/C23H23ClN4O6/c1-3-27-21(30)19(20(26)28(23(27)32)11-13-7-5-4-6-8-13)17(29)12-34-22(31)14-9-15(24)16(25)10-18(14)33-2/h4-10H,3,11-12,25-26H2,1-2H3. The molecule has 1 aromatic heterocycles. The maximum absolute atomic E-state index is 12.9. The van der Waals surface area contributed by atoms with Crippen LogP contribution < -0.4 is 27.5 Å². The van der Waals surface area contributed by atoms with Crippen molar-refractivity contribution >= 4 is 34.9 Å². The molecule has 0 fully saturated rings. The van der Waals surface area contributed by atoms with Crippen molar-refractivity contribution in [1.29, 1.82) is 0 Å². The number of carbonyl (C=O) groups is 2. The third-order valence-electron chi connectivity index (χ3n) is 5.12. The minimum atomic E-state index is -0.918. The van der Waals surface area contributed by atoms with Crippen LogP contribution in [0.4, 0.5) is 11.5 Å². The van der Waals surface area contributed by atoms with Gasteiger partial charge in [0.05, 0.1) is 24.4 Å². The monoisotopic (exact) mass is 486 g/mol. The summed E-state index contributed by atoms with van der Waals surface area (Å²) < 4.78 is 12.2. The van der Waals surface area contributed by atoms with Crippen molar-refractivity contribution in [2.75, 3.05) is 25.2 Å². The Morgan fingerprint density at radius 3 is 2.35 bits per heavy atom. The Hall–Kier alpha value is -4.05. The van der Waals surface area contributed by atoms with E-state index in [2.05, 4.69) is 0 Å². The minimum absolute atomic E-state index is 0.0218. The van der Waals surface area contributed by atoms with Gasteiger partial charge in [0.1, 0.15) is 22.7 Å². The molecule has 0 spiro atoms. The number of ether oxygens (including phenoxy) is 2. The van der Waals surface area contributed by atoms with Gasteiger partial charge in [-0.3, -0.25) is 18.7 Å². The van der Waals surface area contributed by atoms with E-state index < -0.39 is 35.2 Å². The molecule has 0 atom stereocenters. The van der Waals surface area contributed by atoms with Gasteiger partial charge in [0.15, 0.2) is 6.61 Å². The number of hydrogen-bond donors (Lipinski definition) is 2. The Morgan fingerprint density at radius 1 is 1.06 bits per heavy atom. The summed E-state index contributed by atoms with van der Waals surface area (Å²) in [5.74, 6) is -1.99. The van der Waals surface area contributed by atoms with Gasteiger partial charge in [-0.25, -0.2) is 9.59 Å². The highest BCUT2D eigenvalue weighted by Gasteiger charge is 2.24. The number of nitrogen functional groups attached to an aromatic ring is 2. The number of nitrogens with two attached hydrogens (primary N) is 2. The van der Waals surface area contributed by atoms with Crippen molar-refractivity contribution in [3.8, 4) is 5.75 Å². The molecule has 0 aliphatic carbocycles. The zero-order valence-corrected chi connectivity index (χ0v) is 19.3. The second-order valence-electron chi connectivity index (χ2n) is 7.24. The van der Waals surface area contributed by atoms with E-state index in [9.17, 15) is 19.2 Å². The molecule has 0 radical (unpaired) electrons. The van der Waals surface area contributed by atoms with Crippen molar-refractivity contribution in [2.45, 2.75) is 20.0 Å². The van der Waals surface area contributed by atoms with Crippen LogP contribution in [-0.2, 0) is 17.8 Å². The summed E-state index contributed by atoms with van der Waals surface area (Å²) in [5, 5.41) is 0.0992. The van der Waals surface area contributed by atoms with E-state index in [1.807, 2.05) is 6.07 Å². The Labute approximate surface area is 199 Å². The van der Waals surface area contributed by atoms with Gasteiger partial charge in [0, 0.05) is 12.6 Å². The molecule has 4 N–H and O–H groups in total. The molecule has 1 heterocycles. The van der Waals surface area contributed by atoms with Crippen molar-refractivity contribution in [3.05, 3.63) is 85.0 Å². The summed E-state index contributed by atoms with van der Waals surface area (Å²) in [6.07, 6.45) is 0. The molecular weight excluding hydrogens is 464 g/mol. The maximum Gasteiger partial charge on any atom is 0.342 e. The Balaban J connectivity index is 1.94. The molecule has 3 rings (SSSR count). The Bertz CT molecular complexity index is 1360. The molecule has 0 bridgehead atoms. The largest absolute Gasteiger partial charge is 0.496 e. The van der Waals surface area contributed by atoms with Crippen LogP contribution in [0.1, 0.15) is 33.2 Å². The lowest BCUT2D eigenvalue weighted by atomic mass is 10.1. The smallest absolute Gasteiger partial charge is 0.342 e. The highest BCUT2D eigenvalue weighted by Crippen LogP contribution is 2.29. The number of rotatable bonds is 8. The number of carbonyl (C=O) groups excluding carboxylic acids is 2. The topological polar surface area (TPSA) is 149 Å². The second-order valence-corrected chi connectivity index (χ2v) is 7.64. The van der Waals surface area contributed by atoms with Gasteiger partial charge in [0.2, 0.25) is 5.78 Å². The third-order valence-corrected chi connectivity index (χ3v) is 5.45. The Morgan fingerprint density at radius 2 is 1.74 bits per heavy atom. The number of aromatic nitrogens is 2. The highest BCUT2D eigenvalue weighted by atomic mass is 35.5. The summed E-state index contributed by atoms with van der Waals surface area (Å²) >= 11 is 5.97. The summed E-state index contributed by atoms with van der Waals surface area (Å²) in [6.45, 7) is 0.870. The maximum atomic E-state index is 12.9. The average molecular weight is 487 g/mol. The van der Waals surface area contributed by atoms with E-state index in [0.29, 0.717) is 0 Å². The van der Waals surface area contributed by atoms with E-state index in [4.69, 9.17) is 32.5 Å². The lowest BCUT2D eigenvalue weighted by Crippen LogP contribution is -2.44. The molecule has 2 aromatic carbocycles. The Kier molecular flexibility index (Phi) is 7.42. The molecule has 10 nitrogen and oxygen atoms in total. The first kappa shape index (κ1) is 24.6. The molecule has 0 saturated carbocycles. The number of esters is 1. The van der Waals surface area contributed by atoms with Gasteiger partial charge in [-0.15, -0.1) is 0 Å². The molecular formula is C23H23ClN4O6. The van der Waals surface area contributed by atoms with E-state index in [1.54, 1.807) is 31.2 Å². The SMILES string of the molecule is CCn1c(=O)c(C(=O)COC(=O)c2cc(Cl)c(N)cc2OC)c(N)n(Cc2ccccc2)c1=O. The van der Waals surface area contributed by atoms with Crippen LogP contribution in [0.2, 0.25) is 5.02 Å². The lowest BCUT2D eigenvalue weighted by molar-refractivity contribution is 0.0471. The van der Waals surface area contributed by atoms with Gasteiger partial charge in [-0.1, -0.05) is 41.9 Å². The number of anilines is 2. The fraction of sp³-hybridized carbons (Fsp3) is 0.217. The predicted octanol–water partition coefficient (Wildman–Crippen LogP) is 1.94. The molecule has 0 saturated heterocycles. The molecule has 34 heavy (non-hydrogen) atoms. The lowest BCUT2D eigenvalue weighted by Gasteiger charge is -2.16. The molecule has 0 aliphatic heterocycles. The van der Waals surface area contributed by atoms with E-state index in [1.165, 1.54) is 19.2 Å². The summed E-state index contributed by atoms with van der Waals surface area (Å²) in [6, 6.07) is 11.5. The van der Waals surface area contributed by atoms with Gasteiger partial charge in [0.25, 0.3) is 5.56 Å². The number of nitrogens with zero attached hydrogens (tertiary/aromatic N) is 2. The van der Waals surface area contributed by atoms with Crippen LogP contribution in [0.25, 0.3) is 0 Å². The summed E-state index contributed by atoms with van der Waals surface area (Å²) in [5.41, 5.74) is 10.7. The minimum Gasteiger partial charge on any atom is -0.496 e. The first-order valence-electron chi connectivity index (χ1n) is 10.2. The van der Waals surface area contributed by atoms with E-state index in [-0.39, 0.29) is 40.9 Å². The zero-order chi connectivity index (χ0) is 25.0. The molecule has 178 valence electrons. The number of ketones is 1. The highest BCUT2D eigenvalue weighted by molar-refractivity contribution is 6.33. The third kappa shape index (κ3) is 4.81. The number of halogens is 1. The number of hydrogen-bond acceptors (Lipinski definition) is 8. The van der Waals surface area contributed by atoms with E-state index in [0.717, 1.165) is 14.7 Å². The first-order valence-corrected chi connectivity index (χ1v) is 10.6. The van der Waals surface area contributed by atoms with Crippen LogP contribution in [-0.4, -0.2) is 34.6 Å². The molecule has 11 heteroatoms. The van der Waals surface area contributed by atoms with Crippen molar-refractivity contribution < 1.29 is 19.1 Å². The summed E-state index contributed by atoms with van der Waals surface area (Å²) in [4.78, 5) is 51.1. The first-order chi connectivity index (χ1) is 16.2. The van der Waals surface area contributed by atoms with Crippen LogP contribution >= 0.6 is 11.6 Å². The van der Waals surface area contributed by atoms with Gasteiger partial charge in [-0.05, 0) is 18.6 Å². The van der Waals surface area contributed by atoms with Gasteiger partial charge < -0.3 is 20.9 Å². The van der Waals surface area contributed by atoms with E-state index >= 15 is 0 Å². The molecule has 0 amide bonds. The van der Waals surface area contributed by atoms with Crippen molar-refractivity contribution in [1.82, 2.24) is 9.13 Å². The normalized spacial score (nSPS) is 10.7. The average Bonchev–Trinajstić information content (AvgIpc) is 2.82. The fourth-order valence-corrected chi connectivity index (χ4v) is 3.52. The number of benzene rings is 2.